The van der Waals surface area contributed by atoms with Crippen molar-refractivity contribution in [2.75, 3.05) is 0 Å². The van der Waals surface area contributed by atoms with Gasteiger partial charge in [-0.3, -0.25) is 0 Å². The molecule has 1 heteroatoms. The third kappa shape index (κ3) is 3.41. The first-order valence-corrected chi connectivity index (χ1v) is 9.29. The van der Waals surface area contributed by atoms with Crippen LogP contribution in [0.2, 0.25) is 0 Å². The molecular formula is C26H23O+. The molecule has 27 heavy (non-hydrogen) atoms. The SMILES string of the molecule is Cc1ccccc1-c1cc(-c2ccccc2C)[o+]c(-c2ccccc2C)c1. The Morgan fingerprint density at radius 3 is 1.26 bits per heavy atom. The van der Waals surface area contributed by atoms with Gasteiger partial charge in [0, 0.05) is 5.56 Å². The van der Waals surface area contributed by atoms with Crippen LogP contribution >= 0.6 is 0 Å². The monoisotopic (exact) mass is 351 g/mol. The number of hydrogen-bond donors (Lipinski definition) is 0. The average molecular weight is 351 g/mol. The summed E-state index contributed by atoms with van der Waals surface area (Å²) < 4.78 is 6.41. The highest BCUT2D eigenvalue weighted by Crippen LogP contribution is 2.35. The summed E-state index contributed by atoms with van der Waals surface area (Å²) in [7, 11) is 0. The Hall–Kier alpha value is -3.19. The van der Waals surface area contributed by atoms with Crippen LogP contribution in [0.15, 0.2) is 89.3 Å². The minimum atomic E-state index is 0.895. The highest BCUT2D eigenvalue weighted by molar-refractivity contribution is 5.77. The standard InChI is InChI=1S/C26H23O/c1-18-10-4-7-13-22(18)21-16-25(23-14-8-5-11-19(23)2)27-26(17-21)24-15-9-6-12-20(24)3/h4-17H,1-3H3/q+1. The smallest absolute Gasteiger partial charge is 0.207 e. The Bertz CT molecular complexity index is 955. The van der Waals surface area contributed by atoms with E-state index < -0.39 is 0 Å². The molecule has 0 aliphatic heterocycles. The summed E-state index contributed by atoms with van der Waals surface area (Å²) in [5.41, 5.74) is 8.34. The second kappa shape index (κ2) is 7.20. The first kappa shape index (κ1) is 17.2. The van der Waals surface area contributed by atoms with Gasteiger partial charge in [-0.2, -0.15) is 0 Å². The first-order valence-electron chi connectivity index (χ1n) is 9.29. The molecule has 1 nitrogen and oxygen atoms in total. The van der Waals surface area contributed by atoms with Crippen molar-refractivity contribution in [2.24, 2.45) is 0 Å². The topological polar surface area (TPSA) is 11.3 Å². The van der Waals surface area contributed by atoms with Crippen molar-refractivity contribution >= 4 is 0 Å². The largest absolute Gasteiger partial charge is 0.361 e. The minimum Gasteiger partial charge on any atom is -0.207 e. The Morgan fingerprint density at radius 2 is 0.852 bits per heavy atom. The van der Waals surface area contributed by atoms with Gasteiger partial charge >= 0.3 is 11.5 Å². The summed E-state index contributed by atoms with van der Waals surface area (Å²) in [5.74, 6) is 1.79. The van der Waals surface area contributed by atoms with Crippen LogP contribution in [0.4, 0.5) is 0 Å². The average Bonchev–Trinajstić information content (AvgIpc) is 2.69. The predicted octanol–water partition coefficient (Wildman–Crippen LogP) is 7.49. The maximum atomic E-state index is 6.41. The molecule has 0 aliphatic carbocycles. The second-order valence-electron chi connectivity index (χ2n) is 7.02. The van der Waals surface area contributed by atoms with E-state index in [1.807, 2.05) is 0 Å². The molecule has 0 bridgehead atoms. The predicted molar refractivity (Wildman–Crippen MR) is 114 cm³/mol. The van der Waals surface area contributed by atoms with Crippen LogP contribution in [-0.2, 0) is 0 Å². The van der Waals surface area contributed by atoms with Gasteiger partial charge in [-0.25, -0.2) is 4.42 Å². The fraction of sp³-hybridized carbons (Fsp3) is 0.115. The van der Waals surface area contributed by atoms with Gasteiger partial charge in [0.2, 0.25) is 0 Å². The molecule has 3 aromatic carbocycles. The van der Waals surface area contributed by atoms with E-state index in [-0.39, 0.29) is 0 Å². The Labute approximate surface area is 161 Å². The fourth-order valence-corrected chi connectivity index (χ4v) is 3.52. The number of benzene rings is 3. The van der Waals surface area contributed by atoms with Crippen LogP contribution in [0.5, 0.6) is 0 Å². The van der Waals surface area contributed by atoms with Gasteiger partial charge < -0.3 is 0 Å². The van der Waals surface area contributed by atoms with Gasteiger partial charge in [0.15, 0.2) is 0 Å². The Morgan fingerprint density at radius 1 is 0.481 bits per heavy atom. The van der Waals surface area contributed by atoms with Gasteiger partial charge in [-0.15, -0.1) is 0 Å². The maximum absolute atomic E-state index is 6.41. The third-order valence-corrected chi connectivity index (χ3v) is 5.07. The molecule has 0 aliphatic rings. The van der Waals surface area contributed by atoms with Gasteiger partial charge in [0.1, 0.15) is 0 Å². The van der Waals surface area contributed by atoms with Crippen LogP contribution < -0.4 is 0 Å². The lowest BCUT2D eigenvalue weighted by Gasteiger charge is -2.07. The van der Waals surface area contributed by atoms with E-state index in [0.717, 1.165) is 22.6 Å². The summed E-state index contributed by atoms with van der Waals surface area (Å²) in [5, 5.41) is 0. The van der Waals surface area contributed by atoms with Gasteiger partial charge in [0.05, 0.1) is 23.3 Å². The summed E-state index contributed by atoms with van der Waals surface area (Å²) in [6.07, 6.45) is 0. The van der Waals surface area contributed by atoms with E-state index in [9.17, 15) is 0 Å². The normalized spacial score (nSPS) is 10.8. The highest BCUT2D eigenvalue weighted by Gasteiger charge is 2.23. The highest BCUT2D eigenvalue weighted by atomic mass is 16.3. The van der Waals surface area contributed by atoms with E-state index in [0.29, 0.717) is 0 Å². The third-order valence-electron chi connectivity index (χ3n) is 5.07. The summed E-state index contributed by atoms with van der Waals surface area (Å²) in [4.78, 5) is 0. The first-order chi connectivity index (χ1) is 13.1. The molecule has 0 spiro atoms. The van der Waals surface area contributed by atoms with Crippen molar-refractivity contribution < 1.29 is 4.42 Å². The molecular weight excluding hydrogens is 328 g/mol. The van der Waals surface area contributed by atoms with Crippen LogP contribution in [-0.4, -0.2) is 0 Å². The molecule has 1 aromatic heterocycles. The summed E-state index contributed by atoms with van der Waals surface area (Å²) >= 11 is 0. The zero-order valence-corrected chi connectivity index (χ0v) is 16.0. The lowest BCUT2D eigenvalue weighted by atomic mass is 9.96. The fourth-order valence-electron chi connectivity index (χ4n) is 3.52. The number of rotatable bonds is 3. The molecule has 0 radical (unpaired) electrons. The molecule has 0 atom stereocenters. The van der Waals surface area contributed by atoms with Crippen molar-refractivity contribution in [2.45, 2.75) is 20.8 Å². The lowest BCUT2D eigenvalue weighted by molar-refractivity contribution is 0.581. The Kier molecular flexibility index (Phi) is 4.60. The molecule has 0 N–H and O–H groups in total. The van der Waals surface area contributed by atoms with E-state index in [1.54, 1.807) is 0 Å². The van der Waals surface area contributed by atoms with Crippen LogP contribution in [0.1, 0.15) is 16.7 Å². The number of aryl methyl sites for hydroxylation is 3. The molecule has 0 saturated heterocycles. The Balaban J connectivity index is 1.99. The molecule has 0 amide bonds. The molecule has 1 heterocycles. The summed E-state index contributed by atoms with van der Waals surface area (Å²) in [6, 6.07) is 29.6. The van der Waals surface area contributed by atoms with E-state index >= 15 is 0 Å². The molecule has 132 valence electrons. The van der Waals surface area contributed by atoms with E-state index in [1.165, 1.54) is 27.8 Å². The summed E-state index contributed by atoms with van der Waals surface area (Å²) in [6.45, 7) is 6.40. The van der Waals surface area contributed by atoms with Crippen LogP contribution in [0.25, 0.3) is 33.8 Å². The van der Waals surface area contributed by atoms with E-state index in [2.05, 4.69) is 106 Å². The van der Waals surface area contributed by atoms with Crippen LogP contribution in [0.3, 0.4) is 0 Å². The molecule has 0 saturated carbocycles. The maximum Gasteiger partial charge on any atom is 0.361 e. The number of hydrogen-bond acceptors (Lipinski definition) is 0. The van der Waals surface area contributed by atoms with Crippen molar-refractivity contribution in [1.82, 2.24) is 0 Å². The van der Waals surface area contributed by atoms with Crippen molar-refractivity contribution in [3.8, 4) is 33.8 Å². The zero-order chi connectivity index (χ0) is 18.8. The van der Waals surface area contributed by atoms with Gasteiger partial charge in [-0.1, -0.05) is 60.7 Å². The van der Waals surface area contributed by atoms with Gasteiger partial charge in [-0.05, 0) is 55.2 Å². The minimum absolute atomic E-state index is 0.895. The molecule has 4 rings (SSSR count). The lowest BCUT2D eigenvalue weighted by Crippen LogP contribution is -1.90. The molecule has 0 fully saturated rings. The van der Waals surface area contributed by atoms with Gasteiger partial charge in [0.25, 0.3) is 0 Å². The van der Waals surface area contributed by atoms with Crippen molar-refractivity contribution in [3.63, 3.8) is 0 Å². The molecule has 4 aromatic rings. The second-order valence-corrected chi connectivity index (χ2v) is 7.02. The molecule has 0 unspecified atom stereocenters. The van der Waals surface area contributed by atoms with Crippen LogP contribution in [0, 0.1) is 20.8 Å². The van der Waals surface area contributed by atoms with E-state index in [4.69, 9.17) is 4.42 Å². The zero-order valence-electron chi connectivity index (χ0n) is 16.0. The van der Waals surface area contributed by atoms with Crippen molar-refractivity contribution in [1.29, 1.82) is 0 Å². The quantitative estimate of drug-likeness (QED) is 0.348. The van der Waals surface area contributed by atoms with Crippen molar-refractivity contribution in [3.05, 3.63) is 102 Å².